The van der Waals surface area contributed by atoms with Crippen LogP contribution in [0.4, 0.5) is 17.1 Å². The highest BCUT2D eigenvalue weighted by Gasteiger charge is 2.18. The number of para-hydroxylation sites is 2. The van der Waals surface area contributed by atoms with Gasteiger partial charge in [0.2, 0.25) is 5.89 Å². The van der Waals surface area contributed by atoms with Crippen LogP contribution in [0.5, 0.6) is 0 Å². The van der Waals surface area contributed by atoms with Crippen molar-refractivity contribution >= 4 is 71.5 Å². The van der Waals surface area contributed by atoms with E-state index in [2.05, 4.69) is 190 Å². The molecule has 0 radical (unpaired) electrons. The summed E-state index contributed by atoms with van der Waals surface area (Å²) in [6.07, 6.45) is 1.90. The third-order valence-corrected chi connectivity index (χ3v) is 11.8. The van der Waals surface area contributed by atoms with Gasteiger partial charge in [-0.15, -0.1) is 0 Å². The van der Waals surface area contributed by atoms with Gasteiger partial charge in [-0.1, -0.05) is 133 Å². The third kappa shape index (κ3) is 6.10. The molecule has 0 spiro atoms. The standard InChI is InChI=1S/C56H36N4O/c1-2-10-37(11-3-1)39-18-24-45(25-19-39)59(48-29-31-52(57-36-48)56-58-51-16-8-9-17-55(51)61-56)46-26-20-40(21-27-46)44-23-30-49-50-33-42-14-6-7-15-43(42)34-54(50)60(53(49)35-44)47-28-22-38-12-4-5-13-41(38)32-47/h1-36H. The summed E-state index contributed by atoms with van der Waals surface area (Å²) in [6.45, 7) is 0. The number of fused-ring (bicyclic) bond motifs is 6. The first-order chi connectivity index (χ1) is 30.2. The Balaban J connectivity index is 0.956. The van der Waals surface area contributed by atoms with Crippen molar-refractivity contribution in [2.45, 2.75) is 0 Å². The van der Waals surface area contributed by atoms with Gasteiger partial charge in [-0.25, -0.2) is 9.97 Å². The molecule has 9 aromatic carbocycles. The Labute approximate surface area is 352 Å². The van der Waals surface area contributed by atoms with Crippen molar-refractivity contribution in [2.75, 3.05) is 4.90 Å². The van der Waals surface area contributed by atoms with Crippen molar-refractivity contribution in [3.8, 4) is 39.5 Å². The van der Waals surface area contributed by atoms with Gasteiger partial charge in [0.05, 0.1) is 22.9 Å². The molecule has 0 bridgehead atoms. The maximum atomic E-state index is 6.06. The summed E-state index contributed by atoms with van der Waals surface area (Å²) >= 11 is 0. The number of nitrogens with zero attached hydrogens (tertiary/aromatic N) is 4. The normalized spacial score (nSPS) is 11.6. The van der Waals surface area contributed by atoms with E-state index in [1.165, 1.54) is 48.9 Å². The lowest BCUT2D eigenvalue weighted by Gasteiger charge is -2.25. The molecule has 0 aliphatic rings. The van der Waals surface area contributed by atoms with Crippen LogP contribution in [-0.2, 0) is 0 Å². The number of rotatable bonds is 7. The molecule has 5 nitrogen and oxygen atoms in total. The number of oxazole rings is 1. The maximum absolute atomic E-state index is 6.06. The van der Waals surface area contributed by atoms with Gasteiger partial charge in [0.25, 0.3) is 0 Å². The molecule has 0 amide bonds. The second-order valence-corrected chi connectivity index (χ2v) is 15.5. The van der Waals surface area contributed by atoms with Crippen molar-refractivity contribution in [1.82, 2.24) is 14.5 Å². The molecule has 12 rings (SSSR count). The molecule has 0 N–H and O–H groups in total. The highest BCUT2D eigenvalue weighted by Crippen LogP contribution is 2.40. The number of pyridine rings is 1. The molecular formula is C56H36N4O. The van der Waals surface area contributed by atoms with Gasteiger partial charge in [0, 0.05) is 27.8 Å². The predicted molar refractivity (Wildman–Crippen MR) is 252 cm³/mol. The number of hydrogen-bond acceptors (Lipinski definition) is 4. The van der Waals surface area contributed by atoms with Crippen LogP contribution in [0.15, 0.2) is 223 Å². The van der Waals surface area contributed by atoms with E-state index in [9.17, 15) is 0 Å². The zero-order valence-corrected chi connectivity index (χ0v) is 33.0. The monoisotopic (exact) mass is 780 g/mol. The van der Waals surface area contributed by atoms with Crippen LogP contribution in [0, 0.1) is 0 Å². The second-order valence-electron chi connectivity index (χ2n) is 15.5. The van der Waals surface area contributed by atoms with Crippen molar-refractivity contribution in [3.05, 3.63) is 219 Å². The second kappa shape index (κ2) is 14.2. The molecule has 0 unspecified atom stereocenters. The molecule has 3 aromatic heterocycles. The number of hydrogen-bond donors (Lipinski definition) is 0. The fraction of sp³-hybridized carbons (Fsp3) is 0. The zero-order valence-electron chi connectivity index (χ0n) is 33.0. The summed E-state index contributed by atoms with van der Waals surface area (Å²) in [4.78, 5) is 11.8. The molecule has 3 heterocycles. The zero-order chi connectivity index (χ0) is 40.3. The van der Waals surface area contributed by atoms with E-state index in [0.29, 0.717) is 11.6 Å². The molecule has 5 heteroatoms. The topological polar surface area (TPSA) is 47.1 Å². The van der Waals surface area contributed by atoms with Gasteiger partial charge in [0.15, 0.2) is 5.58 Å². The van der Waals surface area contributed by atoms with Crippen molar-refractivity contribution in [2.24, 2.45) is 0 Å². The minimum absolute atomic E-state index is 0.501. The first-order valence-corrected chi connectivity index (χ1v) is 20.5. The van der Waals surface area contributed by atoms with Crippen molar-refractivity contribution in [1.29, 1.82) is 0 Å². The Morgan fingerprint density at radius 1 is 0.410 bits per heavy atom. The molecule has 0 atom stereocenters. The van der Waals surface area contributed by atoms with Crippen molar-refractivity contribution in [3.63, 3.8) is 0 Å². The van der Waals surface area contributed by atoms with E-state index in [-0.39, 0.29) is 0 Å². The van der Waals surface area contributed by atoms with E-state index >= 15 is 0 Å². The lowest BCUT2D eigenvalue weighted by atomic mass is 10.0. The first-order valence-electron chi connectivity index (χ1n) is 20.5. The van der Waals surface area contributed by atoms with Crippen LogP contribution in [0.2, 0.25) is 0 Å². The fourth-order valence-electron chi connectivity index (χ4n) is 8.79. The molecule has 61 heavy (non-hydrogen) atoms. The van der Waals surface area contributed by atoms with Crippen LogP contribution in [-0.4, -0.2) is 14.5 Å². The Morgan fingerprint density at radius 2 is 1.00 bits per heavy atom. The smallest absolute Gasteiger partial charge is 0.246 e. The van der Waals surface area contributed by atoms with Crippen LogP contribution >= 0.6 is 0 Å². The molecule has 0 saturated heterocycles. The summed E-state index contributed by atoms with van der Waals surface area (Å²) in [5, 5.41) is 7.39. The molecule has 12 aromatic rings. The van der Waals surface area contributed by atoms with Crippen LogP contribution < -0.4 is 4.90 Å². The molecule has 0 aliphatic carbocycles. The average Bonchev–Trinajstić information content (AvgIpc) is 3.91. The lowest BCUT2D eigenvalue weighted by molar-refractivity contribution is 0.617. The van der Waals surface area contributed by atoms with Gasteiger partial charge in [0.1, 0.15) is 11.2 Å². The molecule has 0 saturated carbocycles. The van der Waals surface area contributed by atoms with E-state index < -0.39 is 0 Å². The largest absolute Gasteiger partial charge is 0.435 e. The van der Waals surface area contributed by atoms with E-state index in [1.807, 2.05) is 42.6 Å². The lowest BCUT2D eigenvalue weighted by Crippen LogP contribution is -2.10. The van der Waals surface area contributed by atoms with Gasteiger partial charge in [-0.2, -0.15) is 0 Å². The predicted octanol–water partition coefficient (Wildman–Crippen LogP) is 15.1. The van der Waals surface area contributed by atoms with Gasteiger partial charge < -0.3 is 13.9 Å². The van der Waals surface area contributed by atoms with Crippen LogP contribution in [0.25, 0.3) is 94.0 Å². The SMILES string of the molecule is c1ccc(-c2ccc(N(c3ccc(-c4ccc5c6cc7ccccc7cc6n(-c6ccc7ccccc7c6)c5c4)cc3)c3ccc(-c4nc5ccccc5o4)nc3)cc2)cc1. The quantitative estimate of drug-likeness (QED) is 0.162. The Hall–Kier alpha value is -8.28. The summed E-state index contributed by atoms with van der Waals surface area (Å²) in [5.41, 5.74) is 13.3. The Kier molecular flexibility index (Phi) is 8.10. The summed E-state index contributed by atoms with van der Waals surface area (Å²) < 4.78 is 8.49. The van der Waals surface area contributed by atoms with Gasteiger partial charge >= 0.3 is 0 Å². The van der Waals surface area contributed by atoms with Crippen molar-refractivity contribution < 1.29 is 4.42 Å². The van der Waals surface area contributed by atoms with E-state index in [4.69, 9.17) is 9.40 Å². The minimum atomic E-state index is 0.501. The maximum Gasteiger partial charge on any atom is 0.246 e. The molecule has 286 valence electrons. The highest BCUT2D eigenvalue weighted by molar-refractivity contribution is 6.14. The number of aromatic nitrogens is 3. The Bertz CT molecular complexity index is 3540. The van der Waals surface area contributed by atoms with Gasteiger partial charge in [-0.05, 0) is 123 Å². The number of benzene rings is 9. The van der Waals surface area contributed by atoms with Crippen LogP contribution in [0.3, 0.4) is 0 Å². The third-order valence-electron chi connectivity index (χ3n) is 11.8. The fourth-order valence-corrected chi connectivity index (χ4v) is 8.79. The Morgan fingerprint density at radius 3 is 1.72 bits per heavy atom. The number of anilines is 3. The van der Waals surface area contributed by atoms with Crippen LogP contribution in [0.1, 0.15) is 0 Å². The average molecular weight is 781 g/mol. The van der Waals surface area contributed by atoms with E-state index in [0.717, 1.165) is 50.5 Å². The molecule has 0 aliphatic heterocycles. The summed E-state index contributed by atoms with van der Waals surface area (Å²) in [6, 6.07) is 75.4. The van der Waals surface area contributed by atoms with Gasteiger partial charge in [-0.3, -0.25) is 0 Å². The summed E-state index contributed by atoms with van der Waals surface area (Å²) in [7, 11) is 0. The first kappa shape index (κ1) is 34.7. The summed E-state index contributed by atoms with van der Waals surface area (Å²) in [5.74, 6) is 0.501. The highest BCUT2D eigenvalue weighted by atomic mass is 16.3. The molecule has 0 fully saturated rings. The minimum Gasteiger partial charge on any atom is -0.435 e. The molecular weight excluding hydrogens is 745 g/mol. The van der Waals surface area contributed by atoms with E-state index in [1.54, 1.807) is 0 Å².